The van der Waals surface area contributed by atoms with Crippen molar-refractivity contribution in [3.8, 4) is 0 Å². The van der Waals surface area contributed by atoms with Gasteiger partial charge in [-0.2, -0.15) is 0 Å². The molecule has 1 unspecified atom stereocenters. The van der Waals surface area contributed by atoms with E-state index in [0.717, 1.165) is 25.9 Å². The summed E-state index contributed by atoms with van der Waals surface area (Å²) in [7, 11) is 0. The van der Waals surface area contributed by atoms with Gasteiger partial charge in [0, 0.05) is 19.1 Å². The number of hydrogen-bond acceptors (Lipinski definition) is 3. The van der Waals surface area contributed by atoms with Crippen LogP contribution in [0, 0.1) is 0 Å². The lowest BCUT2D eigenvalue weighted by Gasteiger charge is -2.27. The van der Waals surface area contributed by atoms with Gasteiger partial charge in [-0.15, -0.1) is 0 Å². The van der Waals surface area contributed by atoms with Gasteiger partial charge in [-0.05, 0) is 26.3 Å². The van der Waals surface area contributed by atoms with Gasteiger partial charge >= 0.3 is 0 Å². The van der Waals surface area contributed by atoms with E-state index >= 15 is 0 Å². The van der Waals surface area contributed by atoms with E-state index in [1.54, 1.807) is 0 Å². The van der Waals surface area contributed by atoms with Crippen molar-refractivity contribution in [2.75, 3.05) is 19.6 Å². The zero-order chi connectivity index (χ0) is 12.0. The quantitative estimate of drug-likeness (QED) is 0.703. The van der Waals surface area contributed by atoms with Crippen molar-refractivity contribution in [2.45, 2.75) is 51.6 Å². The number of nitrogens with two attached hydrogens (primary N) is 1. The maximum absolute atomic E-state index is 12.0. The summed E-state index contributed by atoms with van der Waals surface area (Å²) >= 11 is 0. The Bertz CT molecular complexity index is 214. The van der Waals surface area contributed by atoms with Gasteiger partial charge < -0.3 is 11.1 Å². The molecule has 1 aliphatic carbocycles. The Hall–Kier alpha value is -0.610. The topological polar surface area (TPSA) is 58.4 Å². The zero-order valence-electron chi connectivity index (χ0n) is 10.5. The minimum absolute atomic E-state index is 0.0610. The number of nitrogens with zero attached hydrogens (tertiary/aromatic N) is 1. The molecule has 0 saturated heterocycles. The van der Waals surface area contributed by atoms with Gasteiger partial charge in [0.1, 0.15) is 0 Å². The first-order valence-electron chi connectivity index (χ1n) is 6.43. The molecule has 1 amide bonds. The number of nitrogens with one attached hydrogen (secondary N) is 1. The van der Waals surface area contributed by atoms with Crippen LogP contribution in [0.4, 0.5) is 0 Å². The Balaban J connectivity index is 2.38. The molecule has 0 heterocycles. The molecule has 1 aliphatic rings. The van der Waals surface area contributed by atoms with Crippen LogP contribution in [0.5, 0.6) is 0 Å². The van der Waals surface area contributed by atoms with Crippen molar-refractivity contribution in [2.24, 2.45) is 5.73 Å². The van der Waals surface area contributed by atoms with Crippen LogP contribution in [0.1, 0.15) is 39.5 Å². The van der Waals surface area contributed by atoms with Crippen LogP contribution in [-0.2, 0) is 4.79 Å². The van der Waals surface area contributed by atoms with Crippen LogP contribution in [0.3, 0.4) is 0 Å². The molecule has 1 saturated carbocycles. The summed E-state index contributed by atoms with van der Waals surface area (Å²) in [5, 5.41) is 3.13. The number of hydrogen-bond donors (Lipinski definition) is 2. The smallest absolute Gasteiger partial charge is 0.237 e. The average Bonchev–Trinajstić information content (AvgIpc) is 2.77. The lowest BCUT2D eigenvalue weighted by molar-refractivity contribution is -0.126. The fraction of sp³-hybridized carbons (Fsp3) is 0.917. The van der Waals surface area contributed by atoms with Gasteiger partial charge in [-0.3, -0.25) is 9.69 Å². The van der Waals surface area contributed by atoms with Crippen molar-refractivity contribution in [1.82, 2.24) is 10.2 Å². The van der Waals surface area contributed by atoms with Gasteiger partial charge in [-0.1, -0.05) is 19.8 Å². The Morgan fingerprint density at radius 3 is 2.62 bits per heavy atom. The third-order valence-corrected chi connectivity index (χ3v) is 3.45. The number of likely N-dealkylation sites (N-methyl/N-ethyl adjacent to an activating group) is 1. The Labute approximate surface area is 98.6 Å². The molecule has 4 heteroatoms. The molecular formula is C12H25N3O. The average molecular weight is 227 g/mol. The fourth-order valence-electron chi connectivity index (χ4n) is 2.35. The van der Waals surface area contributed by atoms with Crippen LogP contribution in [0.2, 0.25) is 0 Å². The first kappa shape index (κ1) is 13.5. The molecule has 0 aromatic carbocycles. The first-order chi connectivity index (χ1) is 7.69. The van der Waals surface area contributed by atoms with Crippen LogP contribution in [0.25, 0.3) is 0 Å². The number of amides is 1. The molecule has 1 atom stereocenters. The summed E-state index contributed by atoms with van der Waals surface area (Å²) in [4.78, 5) is 14.1. The lowest BCUT2D eigenvalue weighted by atomic mass is 10.2. The monoisotopic (exact) mass is 227 g/mol. The highest BCUT2D eigenvalue weighted by molar-refractivity contribution is 5.81. The summed E-state index contributed by atoms with van der Waals surface area (Å²) in [5.74, 6) is 0.155. The Kier molecular flexibility index (Phi) is 5.77. The van der Waals surface area contributed by atoms with Gasteiger partial charge in [0.15, 0.2) is 0 Å². The maximum Gasteiger partial charge on any atom is 0.237 e. The van der Waals surface area contributed by atoms with Gasteiger partial charge in [0.2, 0.25) is 5.91 Å². The van der Waals surface area contributed by atoms with Crippen LogP contribution < -0.4 is 11.1 Å². The standard InChI is InChI=1S/C12H25N3O/c1-3-15(9-8-13)10(2)12(16)14-11-6-4-5-7-11/h10-11H,3-9,13H2,1-2H3,(H,14,16). The molecule has 0 aliphatic heterocycles. The van der Waals surface area contributed by atoms with Crippen molar-refractivity contribution >= 4 is 5.91 Å². The van der Waals surface area contributed by atoms with Crippen LogP contribution in [0.15, 0.2) is 0 Å². The van der Waals surface area contributed by atoms with E-state index in [1.165, 1.54) is 12.8 Å². The normalized spacial score (nSPS) is 19.0. The summed E-state index contributed by atoms with van der Waals surface area (Å²) < 4.78 is 0. The van der Waals surface area contributed by atoms with Crippen molar-refractivity contribution < 1.29 is 4.79 Å². The molecule has 0 spiro atoms. The van der Waals surface area contributed by atoms with E-state index in [2.05, 4.69) is 17.1 Å². The first-order valence-corrected chi connectivity index (χ1v) is 6.43. The van der Waals surface area contributed by atoms with E-state index in [1.807, 2.05) is 6.92 Å². The SMILES string of the molecule is CCN(CCN)C(C)C(=O)NC1CCCC1. The molecule has 1 fully saturated rings. The molecular weight excluding hydrogens is 202 g/mol. The summed E-state index contributed by atoms with van der Waals surface area (Å²) in [6.45, 7) is 6.29. The molecule has 94 valence electrons. The van der Waals surface area contributed by atoms with E-state index in [4.69, 9.17) is 5.73 Å². The van der Waals surface area contributed by atoms with Crippen molar-refractivity contribution in [3.63, 3.8) is 0 Å². The van der Waals surface area contributed by atoms with E-state index in [0.29, 0.717) is 12.6 Å². The van der Waals surface area contributed by atoms with Crippen molar-refractivity contribution in [3.05, 3.63) is 0 Å². The van der Waals surface area contributed by atoms with Crippen LogP contribution in [-0.4, -0.2) is 42.5 Å². The maximum atomic E-state index is 12.0. The molecule has 0 aromatic rings. The number of carbonyl (C=O) groups is 1. The van der Waals surface area contributed by atoms with Gasteiger partial charge in [-0.25, -0.2) is 0 Å². The molecule has 0 aromatic heterocycles. The fourth-order valence-corrected chi connectivity index (χ4v) is 2.35. The van der Waals surface area contributed by atoms with Crippen molar-refractivity contribution in [1.29, 1.82) is 0 Å². The largest absolute Gasteiger partial charge is 0.352 e. The summed E-state index contributed by atoms with van der Waals surface area (Å²) in [6.07, 6.45) is 4.78. The minimum atomic E-state index is -0.0610. The zero-order valence-corrected chi connectivity index (χ0v) is 10.5. The summed E-state index contributed by atoms with van der Waals surface area (Å²) in [6, 6.07) is 0.348. The van der Waals surface area contributed by atoms with Crippen LogP contribution >= 0.6 is 0 Å². The predicted octanol–water partition coefficient (Wildman–Crippen LogP) is 0.714. The third kappa shape index (κ3) is 3.76. The Morgan fingerprint density at radius 1 is 1.50 bits per heavy atom. The third-order valence-electron chi connectivity index (χ3n) is 3.45. The molecule has 4 nitrogen and oxygen atoms in total. The van der Waals surface area contributed by atoms with E-state index < -0.39 is 0 Å². The summed E-state index contributed by atoms with van der Waals surface area (Å²) in [5.41, 5.74) is 5.53. The van der Waals surface area contributed by atoms with E-state index in [9.17, 15) is 4.79 Å². The number of rotatable bonds is 6. The minimum Gasteiger partial charge on any atom is -0.352 e. The van der Waals surface area contributed by atoms with E-state index in [-0.39, 0.29) is 11.9 Å². The van der Waals surface area contributed by atoms with Gasteiger partial charge in [0.05, 0.1) is 6.04 Å². The number of carbonyl (C=O) groups excluding carboxylic acids is 1. The molecule has 0 bridgehead atoms. The lowest BCUT2D eigenvalue weighted by Crippen LogP contribution is -2.48. The predicted molar refractivity (Wildman–Crippen MR) is 66.2 cm³/mol. The molecule has 3 N–H and O–H groups in total. The second kappa shape index (κ2) is 6.86. The highest BCUT2D eigenvalue weighted by Crippen LogP contribution is 2.17. The van der Waals surface area contributed by atoms with Gasteiger partial charge in [0.25, 0.3) is 0 Å². The molecule has 1 rings (SSSR count). The molecule has 0 radical (unpaired) electrons. The second-order valence-electron chi connectivity index (χ2n) is 4.58. The Morgan fingerprint density at radius 2 is 2.12 bits per heavy atom. The molecule has 16 heavy (non-hydrogen) atoms. The highest BCUT2D eigenvalue weighted by Gasteiger charge is 2.23. The highest BCUT2D eigenvalue weighted by atomic mass is 16.2. The second-order valence-corrected chi connectivity index (χ2v) is 4.58.